The van der Waals surface area contributed by atoms with Crippen molar-refractivity contribution in [3.8, 4) is 5.75 Å². The van der Waals surface area contributed by atoms with E-state index in [1.54, 1.807) is 31.2 Å². The van der Waals surface area contributed by atoms with E-state index in [2.05, 4.69) is 20.6 Å². The van der Waals surface area contributed by atoms with Crippen LogP contribution in [-0.4, -0.2) is 23.0 Å². The molecule has 0 radical (unpaired) electrons. The molecule has 0 atom stereocenters. The van der Waals surface area contributed by atoms with Gasteiger partial charge in [-0.3, -0.25) is 4.79 Å². The third kappa shape index (κ3) is 4.74. The summed E-state index contributed by atoms with van der Waals surface area (Å²) < 4.78 is 5.11. The van der Waals surface area contributed by atoms with Crippen molar-refractivity contribution in [1.29, 1.82) is 0 Å². The predicted octanol–water partition coefficient (Wildman–Crippen LogP) is 4.75. The van der Waals surface area contributed by atoms with Gasteiger partial charge in [-0.2, -0.15) is 0 Å². The van der Waals surface area contributed by atoms with E-state index in [1.165, 1.54) is 7.11 Å². The summed E-state index contributed by atoms with van der Waals surface area (Å²) in [7, 11) is 1.53. The van der Waals surface area contributed by atoms with E-state index in [-0.39, 0.29) is 11.6 Å². The number of rotatable bonds is 5. The number of aryl methyl sites for hydroxylation is 2. The zero-order valence-electron chi connectivity index (χ0n) is 15.2. The standard InChI is InChI=1S/C20H19ClN4O2/c1-12-5-4-6-14(9-12)24-19-11-17(22-13(2)23-19)20(26)25-15-7-8-18(27-3)16(21)10-15/h4-11H,1-3H3,(H,25,26)(H,22,23,24). The SMILES string of the molecule is COc1ccc(NC(=O)c2cc(Nc3cccc(C)c3)nc(C)n2)cc1Cl. The van der Waals surface area contributed by atoms with Crippen LogP contribution >= 0.6 is 11.6 Å². The Morgan fingerprint density at radius 3 is 2.56 bits per heavy atom. The molecule has 7 heteroatoms. The number of hydrogen-bond donors (Lipinski definition) is 2. The summed E-state index contributed by atoms with van der Waals surface area (Å²) in [5, 5.41) is 6.39. The average Bonchev–Trinajstić information content (AvgIpc) is 2.61. The molecule has 1 heterocycles. The molecule has 1 amide bonds. The lowest BCUT2D eigenvalue weighted by molar-refractivity contribution is 0.102. The Hall–Kier alpha value is -3.12. The van der Waals surface area contributed by atoms with Gasteiger partial charge in [0, 0.05) is 17.4 Å². The zero-order valence-corrected chi connectivity index (χ0v) is 16.0. The average molecular weight is 383 g/mol. The lowest BCUT2D eigenvalue weighted by atomic mass is 10.2. The number of benzene rings is 2. The Labute approximate surface area is 162 Å². The number of carbonyl (C=O) groups is 1. The summed E-state index contributed by atoms with van der Waals surface area (Å²) in [4.78, 5) is 21.2. The highest BCUT2D eigenvalue weighted by Crippen LogP contribution is 2.27. The van der Waals surface area contributed by atoms with Gasteiger partial charge in [0.25, 0.3) is 5.91 Å². The van der Waals surface area contributed by atoms with E-state index >= 15 is 0 Å². The number of carbonyl (C=O) groups excluding carboxylic acids is 1. The Balaban J connectivity index is 1.80. The van der Waals surface area contributed by atoms with Crippen molar-refractivity contribution in [1.82, 2.24) is 9.97 Å². The maximum Gasteiger partial charge on any atom is 0.274 e. The molecule has 0 aliphatic heterocycles. The molecule has 0 aliphatic rings. The van der Waals surface area contributed by atoms with Crippen LogP contribution in [0.15, 0.2) is 48.5 Å². The molecule has 2 N–H and O–H groups in total. The molecule has 0 saturated carbocycles. The molecule has 0 aliphatic carbocycles. The number of halogens is 1. The Kier molecular flexibility index (Phi) is 5.57. The first-order valence-corrected chi connectivity index (χ1v) is 8.66. The van der Waals surface area contributed by atoms with Crippen LogP contribution in [0.4, 0.5) is 17.2 Å². The molecule has 3 rings (SSSR count). The number of amides is 1. The van der Waals surface area contributed by atoms with Crippen LogP contribution in [0.3, 0.4) is 0 Å². The highest BCUT2D eigenvalue weighted by atomic mass is 35.5. The Bertz CT molecular complexity index is 991. The van der Waals surface area contributed by atoms with Gasteiger partial charge >= 0.3 is 0 Å². The second-order valence-electron chi connectivity index (χ2n) is 5.98. The Morgan fingerprint density at radius 2 is 1.85 bits per heavy atom. The molecule has 0 spiro atoms. The molecule has 3 aromatic rings. The van der Waals surface area contributed by atoms with Gasteiger partial charge in [-0.05, 0) is 49.7 Å². The first kappa shape index (κ1) is 18.7. The van der Waals surface area contributed by atoms with Gasteiger partial charge in [-0.15, -0.1) is 0 Å². The van der Waals surface area contributed by atoms with E-state index in [0.29, 0.717) is 28.1 Å². The fourth-order valence-electron chi connectivity index (χ4n) is 2.56. The highest BCUT2D eigenvalue weighted by molar-refractivity contribution is 6.32. The number of hydrogen-bond acceptors (Lipinski definition) is 5. The molecule has 1 aromatic heterocycles. The van der Waals surface area contributed by atoms with E-state index < -0.39 is 0 Å². The van der Waals surface area contributed by atoms with Crippen molar-refractivity contribution < 1.29 is 9.53 Å². The smallest absolute Gasteiger partial charge is 0.274 e. The molecule has 0 fully saturated rings. The van der Waals surface area contributed by atoms with Gasteiger partial charge in [-0.1, -0.05) is 23.7 Å². The fraction of sp³-hybridized carbons (Fsp3) is 0.150. The molecule has 0 saturated heterocycles. The van der Waals surface area contributed by atoms with Crippen molar-refractivity contribution in [2.24, 2.45) is 0 Å². The Morgan fingerprint density at radius 1 is 1.04 bits per heavy atom. The van der Waals surface area contributed by atoms with Gasteiger partial charge in [0.15, 0.2) is 0 Å². The van der Waals surface area contributed by atoms with Crippen LogP contribution in [0, 0.1) is 13.8 Å². The minimum absolute atomic E-state index is 0.254. The number of anilines is 3. The van der Waals surface area contributed by atoms with Crippen LogP contribution in [0.25, 0.3) is 0 Å². The minimum Gasteiger partial charge on any atom is -0.495 e. The van der Waals surface area contributed by atoms with E-state index in [1.807, 2.05) is 31.2 Å². The fourth-order valence-corrected chi connectivity index (χ4v) is 2.82. The van der Waals surface area contributed by atoms with Crippen molar-refractivity contribution >= 4 is 34.7 Å². The molecule has 2 aromatic carbocycles. The minimum atomic E-state index is -0.353. The number of nitrogens with one attached hydrogen (secondary N) is 2. The van der Waals surface area contributed by atoms with Crippen molar-refractivity contribution in [2.45, 2.75) is 13.8 Å². The van der Waals surface area contributed by atoms with Gasteiger partial charge in [0.2, 0.25) is 0 Å². The predicted molar refractivity (Wildman–Crippen MR) is 107 cm³/mol. The number of methoxy groups -OCH3 is 1. The first-order valence-electron chi connectivity index (χ1n) is 8.29. The van der Waals surface area contributed by atoms with Crippen LogP contribution in [0.1, 0.15) is 21.9 Å². The number of ether oxygens (including phenoxy) is 1. The third-order valence-electron chi connectivity index (χ3n) is 3.77. The van der Waals surface area contributed by atoms with Crippen molar-refractivity contribution in [3.05, 3.63) is 70.6 Å². The van der Waals surface area contributed by atoms with Crippen LogP contribution < -0.4 is 15.4 Å². The normalized spacial score (nSPS) is 10.4. The van der Waals surface area contributed by atoms with E-state index in [4.69, 9.17) is 16.3 Å². The van der Waals surface area contributed by atoms with Crippen LogP contribution in [0.5, 0.6) is 5.75 Å². The molecular formula is C20H19ClN4O2. The number of nitrogens with zero attached hydrogens (tertiary/aromatic N) is 2. The largest absolute Gasteiger partial charge is 0.495 e. The summed E-state index contributed by atoms with van der Waals surface area (Å²) in [6, 6.07) is 14.5. The van der Waals surface area contributed by atoms with Gasteiger partial charge in [0.1, 0.15) is 23.1 Å². The summed E-state index contributed by atoms with van der Waals surface area (Å²) in [5.41, 5.74) is 2.82. The van der Waals surface area contributed by atoms with Gasteiger partial charge < -0.3 is 15.4 Å². The lowest BCUT2D eigenvalue weighted by Gasteiger charge is -2.10. The van der Waals surface area contributed by atoms with E-state index in [0.717, 1.165) is 11.3 Å². The third-order valence-corrected chi connectivity index (χ3v) is 4.07. The van der Waals surface area contributed by atoms with Crippen molar-refractivity contribution in [2.75, 3.05) is 17.7 Å². The summed E-state index contributed by atoms with van der Waals surface area (Å²) in [6.07, 6.45) is 0. The molecule has 27 heavy (non-hydrogen) atoms. The summed E-state index contributed by atoms with van der Waals surface area (Å²) >= 11 is 6.10. The molecular weight excluding hydrogens is 364 g/mol. The first-order chi connectivity index (χ1) is 12.9. The maximum atomic E-state index is 12.6. The molecule has 0 bridgehead atoms. The highest BCUT2D eigenvalue weighted by Gasteiger charge is 2.12. The van der Waals surface area contributed by atoms with Crippen LogP contribution in [-0.2, 0) is 0 Å². The van der Waals surface area contributed by atoms with Crippen LogP contribution in [0.2, 0.25) is 5.02 Å². The summed E-state index contributed by atoms with van der Waals surface area (Å²) in [6.45, 7) is 3.75. The number of aromatic nitrogens is 2. The monoisotopic (exact) mass is 382 g/mol. The zero-order chi connectivity index (χ0) is 19.4. The maximum absolute atomic E-state index is 12.6. The lowest BCUT2D eigenvalue weighted by Crippen LogP contribution is -2.15. The van der Waals surface area contributed by atoms with Gasteiger partial charge in [0.05, 0.1) is 12.1 Å². The molecule has 138 valence electrons. The quantitative estimate of drug-likeness (QED) is 0.665. The second kappa shape index (κ2) is 8.05. The molecule has 6 nitrogen and oxygen atoms in total. The summed E-state index contributed by atoms with van der Waals surface area (Å²) in [5.74, 6) is 1.22. The topological polar surface area (TPSA) is 76.1 Å². The second-order valence-corrected chi connectivity index (χ2v) is 6.39. The van der Waals surface area contributed by atoms with Gasteiger partial charge in [-0.25, -0.2) is 9.97 Å². The van der Waals surface area contributed by atoms with Crippen molar-refractivity contribution in [3.63, 3.8) is 0 Å². The van der Waals surface area contributed by atoms with E-state index in [9.17, 15) is 4.79 Å². The molecule has 0 unspecified atom stereocenters.